The Morgan fingerprint density at radius 2 is 1.09 bits per heavy atom. The molecule has 0 fully saturated rings. The summed E-state index contributed by atoms with van der Waals surface area (Å²) in [5.74, 6) is 0. The first kappa shape index (κ1) is 26.3. The molecule has 0 amide bonds. The molecule has 0 saturated carbocycles. The summed E-state index contributed by atoms with van der Waals surface area (Å²) >= 11 is 1.86. The molecule has 0 unspecified atom stereocenters. The molecule has 2 aromatic heterocycles. The number of fused-ring (bicyclic) bond motifs is 9. The highest BCUT2D eigenvalue weighted by atomic mass is 32.1. The SMILES string of the molecule is c1ccc2c(N(c3ccc(-c4cccc5sc6ccccc6c45)cc3)c3cccc4oc5c6ccccc6ccc5c34)cccc2c1. The van der Waals surface area contributed by atoms with Crippen LogP contribution in [-0.2, 0) is 0 Å². The van der Waals surface area contributed by atoms with Crippen LogP contribution in [0.2, 0.25) is 0 Å². The number of thiophene rings is 1. The van der Waals surface area contributed by atoms with E-state index in [1.54, 1.807) is 0 Å². The molecule has 220 valence electrons. The monoisotopic (exact) mass is 617 g/mol. The van der Waals surface area contributed by atoms with Gasteiger partial charge in [0.05, 0.1) is 16.8 Å². The average molecular weight is 618 g/mol. The maximum atomic E-state index is 6.64. The topological polar surface area (TPSA) is 16.4 Å². The molecule has 0 aliphatic carbocycles. The van der Waals surface area contributed by atoms with Crippen molar-refractivity contribution < 1.29 is 4.42 Å². The molecule has 0 atom stereocenters. The van der Waals surface area contributed by atoms with E-state index in [-0.39, 0.29) is 0 Å². The standard InChI is InChI=1S/C44H27NOS/c1-3-13-32-28(10-1)12-7-17-37(32)45(38-18-9-19-39-43(38)36-27-24-29-11-2-4-14-34(29)44(36)46-39)31-25-22-30(23-26-31)33-16-8-21-41-42(33)35-15-5-6-20-40(35)47-41/h1-27H. The van der Waals surface area contributed by atoms with E-state index < -0.39 is 0 Å². The van der Waals surface area contributed by atoms with Gasteiger partial charge in [-0.25, -0.2) is 0 Å². The molecule has 10 rings (SSSR count). The van der Waals surface area contributed by atoms with Crippen molar-refractivity contribution in [2.75, 3.05) is 4.90 Å². The number of rotatable bonds is 4. The molecule has 47 heavy (non-hydrogen) atoms. The van der Waals surface area contributed by atoms with Gasteiger partial charge >= 0.3 is 0 Å². The molecule has 0 radical (unpaired) electrons. The van der Waals surface area contributed by atoms with Gasteiger partial charge in [-0.05, 0) is 70.4 Å². The maximum Gasteiger partial charge on any atom is 0.143 e. The van der Waals surface area contributed by atoms with Crippen molar-refractivity contribution >= 4 is 92.1 Å². The molecule has 0 aliphatic rings. The number of furan rings is 1. The molecule has 0 bridgehead atoms. The van der Waals surface area contributed by atoms with Gasteiger partial charge < -0.3 is 9.32 Å². The van der Waals surface area contributed by atoms with Crippen LogP contribution in [0.3, 0.4) is 0 Å². The fourth-order valence-corrected chi connectivity index (χ4v) is 8.47. The molecule has 8 aromatic carbocycles. The van der Waals surface area contributed by atoms with Gasteiger partial charge in [-0.2, -0.15) is 0 Å². The van der Waals surface area contributed by atoms with Gasteiger partial charge in [0.25, 0.3) is 0 Å². The molecule has 0 N–H and O–H groups in total. The predicted molar refractivity (Wildman–Crippen MR) is 202 cm³/mol. The lowest BCUT2D eigenvalue weighted by molar-refractivity contribution is 0.672. The Balaban J connectivity index is 1.22. The van der Waals surface area contributed by atoms with E-state index in [9.17, 15) is 0 Å². The first-order chi connectivity index (χ1) is 23.3. The van der Waals surface area contributed by atoms with Crippen LogP contribution in [-0.4, -0.2) is 0 Å². The molecular weight excluding hydrogens is 591 g/mol. The van der Waals surface area contributed by atoms with Gasteiger partial charge in [0.2, 0.25) is 0 Å². The minimum atomic E-state index is 0.881. The first-order valence-electron chi connectivity index (χ1n) is 15.9. The summed E-state index contributed by atoms with van der Waals surface area (Å²) in [6.45, 7) is 0. The molecule has 2 heterocycles. The lowest BCUT2D eigenvalue weighted by Gasteiger charge is -2.27. The Labute approximate surface area is 275 Å². The van der Waals surface area contributed by atoms with Crippen molar-refractivity contribution in [1.82, 2.24) is 0 Å². The lowest BCUT2D eigenvalue weighted by Crippen LogP contribution is -2.10. The van der Waals surface area contributed by atoms with E-state index in [2.05, 4.69) is 169 Å². The molecular formula is C44H27NOS. The molecule has 0 saturated heterocycles. The summed E-state index contributed by atoms with van der Waals surface area (Å²) in [7, 11) is 0. The van der Waals surface area contributed by atoms with E-state index in [1.165, 1.54) is 47.5 Å². The van der Waals surface area contributed by atoms with Gasteiger partial charge in [-0.15, -0.1) is 11.3 Å². The summed E-state index contributed by atoms with van der Waals surface area (Å²) in [6, 6.07) is 59.0. The summed E-state index contributed by atoms with van der Waals surface area (Å²) in [4.78, 5) is 2.40. The Morgan fingerprint density at radius 3 is 1.96 bits per heavy atom. The Bertz CT molecular complexity index is 2800. The van der Waals surface area contributed by atoms with Crippen molar-refractivity contribution in [2.24, 2.45) is 0 Å². The van der Waals surface area contributed by atoms with Crippen molar-refractivity contribution in [3.05, 3.63) is 164 Å². The third-order valence-corrected chi connectivity index (χ3v) is 10.6. The largest absolute Gasteiger partial charge is 0.455 e. The second kappa shape index (κ2) is 10.3. The van der Waals surface area contributed by atoms with Crippen LogP contribution < -0.4 is 4.90 Å². The fraction of sp³-hybridized carbons (Fsp3) is 0. The second-order valence-corrected chi connectivity index (χ2v) is 13.2. The highest BCUT2D eigenvalue weighted by Gasteiger charge is 2.22. The summed E-state index contributed by atoms with van der Waals surface area (Å²) in [6.07, 6.45) is 0. The molecule has 0 aliphatic heterocycles. The maximum absolute atomic E-state index is 6.64. The van der Waals surface area contributed by atoms with Crippen LogP contribution in [0.4, 0.5) is 17.1 Å². The van der Waals surface area contributed by atoms with Crippen LogP contribution in [0.15, 0.2) is 168 Å². The third-order valence-electron chi connectivity index (χ3n) is 9.45. The van der Waals surface area contributed by atoms with Crippen molar-refractivity contribution in [3.8, 4) is 11.1 Å². The number of nitrogens with zero attached hydrogens (tertiary/aromatic N) is 1. The number of hydrogen-bond acceptors (Lipinski definition) is 3. The number of anilines is 3. The quantitative estimate of drug-likeness (QED) is 0.195. The smallest absolute Gasteiger partial charge is 0.143 e. The normalized spacial score (nSPS) is 11.8. The van der Waals surface area contributed by atoms with Crippen LogP contribution in [0, 0.1) is 0 Å². The Morgan fingerprint density at radius 1 is 0.426 bits per heavy atom. The molecule has 2 nitrogen and oxygen atoms in total. The zero-order valence-corrected chi connectivity index (χ0v) is 26.2. The summed E-state index contributed by atoms with van der Waals surface area (Å²) in [5.41, 5.74) is 7.59. The van der Waals surface area contributed by atoms with Gasteiger partial charge in [-0.1, -0.05) is 115 Å². The minimum absolute atomic E-state index is 0.881. The Kier molecular flexibility index (Phi) is 5.78. The van der Waals surface area contributed by atoms with Crippen LogP contribution in [0.25, 0.3) is 74.8 Å². The lowest BCUT2D eigenvalue weighted by atomic mass is 9.98. The number of benzene rings is 8. The summed E-state index contributed by atoms with van der Waals surface area (Å²) < 4.78 is 9.27. The van der Waals surface area contributed by atoms with Crippen molar-refractivity contribution in [3.63, 3.8) is 0 Å². The average Bonchev–Trinajstić information content (AvgIpc) is 3.72. The summed E-state index contributed by atoms with van der Waals surface area (Å²) in [5, 5.41) is 9.58. The first-order valence-corrected chi connectivity index (χ1v) is 16.7. The zero-order valence-electron chi connectivity index (χ0n) is 25.4. The zero-order chi connectivity index (χ0) is 30.9. The van der Waals surface area contributed by atoms with E-state index in [0.29, 0.717) is 0 Å². The fourth-order valence-electron chi connectivity index (χ4n) is 7.34. The highest BCUT2D eigenvalue weighted by Crippen LogP contribution is 2.47. The number of hydrogen-bond donors (Lipinski definition) is 0. The van der Waals surface area contributed by atoms with Gasteiger partial charge in [0.1, 0.15) is 11.2 Å². The van der Waals surface area contributed by atoms with Crippen molar-refractivity contribution in [1.29, 1.82) is 0 Å². The van der Waals surface area contributed by atoms with E-state index in [1.807, 2.05) is 11.3 Å². The van der Waals surface area contributed by atoms with Gasteiger partial charge in [0.15, 0.2) is 0 Å². The van der Waals surface area contributed by atoms with E-state index in [0.717, 1.165) is 44.4 Å². The van der Waals surface area contributed by atoms with E-state index >= 15 is 0 Å². The molecule has 3 heteroatoms. The van der Waals surface area contributed by atoms with Crippen LogP contribution in [0.1, 0.15) is 0 Å². The van der Waals surface area contributed by atoms with Crippen LogP contribution in [0.5, 0.6) is 0 Å². The predicted octanol–water partition coefficient (Wildman–Crippen LogP) is 13.4. The van der Waals surface area contributed by atoms with Crippen LogP contribution >= 0.6 is 11.3 Å². The van der Waals surface area contributed by atoms with E-state index in [4.69, 9.17) is 4.42 Å². The minimum Gasteiger partial charge on any atom is -0.455 e. The second-order valence-electron chi connectivity index (χ2n) is 12.1. The molecule has 10 aromatic rings. The highest BCUT2D eigenvalue weighted by molar-refractivity contribution is 7.25. The van der Waals surface area contributed by atoms with Gasteiger partial charge in [0, 0.05) is 42.0 Å². The molecule has 0 spiro atoms. The van der Waals surface area contributed by atoms with Gasteiger partial charge in [-0.3, -0.25) is 0 Å². The van der Waals surface area contributed by atoms with Crippen molar-refractivity contribution in [2.45, 2.75) is 0 Å². The third kappa shape index (κ3) is 4.04. The Hall–Kier alpha value is -5.90.